The van der Waals surface area contributed by atoms with Crippen LogP contribution in [0.1, 0.15) is 54.0 Å². The molecule has 2 aromatic rings. The summed E-state index contributed by atoms with van der Waals surface area (Å²) in [5.74, 6) is -4.29. The third kappa shape index (κ3) is 5.77. The number of imide groups is 1. The van der Waals surface area contributed by atoms with Gasteiger partial charge < -0.3 is 14.9 Å². The van der Waals surface area contributed by atoms with E-state index in [-0.39, 0.29) is 24.8 Å². The lowest BCUT2D eigenvalue weighted by atomic mass is 9.69. The molecule has 0 saturated carbocycles. The summed E-state index contributed by atoms with van der Waals surface area (Å²) in [5.41, 5.74) is 0.513. The van der Waals surface area contributed by atoms with Gasteiger partial charge in [0.1, 0.15) is 5.75 Å². The maximum atomic E-state index is 13.6. The zero-order valence-electron chi connectivity index (χ0n) is 24.1. The number of rotatable bonds is 6. The van der Waals surface area contributed by atoms with Crippen LogP contribution in [-0.2, 0) is 26.7 Å². The summed E-state index contributed by atoms with van der Waals surface area (Å²) in [5, 5.41) is 20.2. The summed E-state index contributed by atoms with van der Waals surface area (Å²) in [6, 6.07) is 4.42. The number of hydrogen-bond acceptors (Lipinski definition) is 5. The van der Waals surface area contributed by atoms with E-state index >= 15 is 0 Å². The van der Waals surface area contributed by atoms with Crippen LogP contribution in [0.25, 0.3) is 6.08 Å². The monoisotopic (exact) mass is 623 g/mol. The standard InChI is InChI=1S/C32H31F6NO5/c1-15(6-18-7-16(2)28(41)17(3)8-18)4-5-25-26-19(13-40)9-23-27(24(26)14-44-25)30(43)39(29(23)42)22-11-20(31(33,34)35)10-21(12-22)32(36,37)38/h6-8,10-12,23-25,27,40-41H,4-5,9,13-14H2,1-3H3/b15-6+/t23-,24+,25-,27-/m1/s1. The second-order valence-corrected chi connectivity index (χ2v) is 11.8. The van der Waals surface area contributed by atoms with Crippen molar-refractivity contribution in [1.29, 1.82) is 0 Å². The predicted octanol–water partition coefficient (Wildman–Crippen LogP) is 6.74. The lowest BCUT2D eigenvalue weighted by molar-refractivity contribution is -0.143. The Hall–Kier alpha value is -3.64. The zero-order chi connectivity index (χ0) is 32.3. The maximum absolute atomic E-state index is 13.6. The SMILES string of the molecule is C/C(=C\c1cc(C)c(O)c(C)c1)CC[C@H]1OC[C@H]2C1=C(CO)C[C@H]1C(=O)N(c3cc(C(F)(F)F)cc(C(F)(F)F)c3)C(=O)[C@H]12. The molecule has 2 amide bonds. The van der Waals surface area contributed by atoms with Crippen molar-refractivity contribution >= 4 is 23.6 Å². The van der Waals surface area contributed by atoms with E-state index in [4.69, 9.17) is 4.74 Å². The van der Waals surface area contributed by atoms with Gasteiger partial charge in [-0.05, 0) is 98.2 Å². The Morgan fingerprint density at radius 3 is 2.09 bits per heavy atom. The highest BCUT2D eigenvalue weighted by Crippen LogP contribution is 2.51. The van der Waals surface area contributed by atoms with Crippen LogP contribution in [0.3, 0.4) is 0 Å². The Balaban J connectivity index is 1.40. The third-order valence-electron chi connectivity index (χ3n) is 8.76. The molecule has 0 spiro atoms. The summed E-state index contributed by atoms with van der Waals surface area (Å²) in [7, 11) is 0. The Morgan fingerprint density at radius 1 is 0.955 bits per heavy atom. The molecular formula is C32H31F6NO5. The third-order valence-corrected chi connectivity index (χ3v) is 8.76. The first-order valence-corrected chi connectivity index (χ1v) is 14.1. The van der Waals surface area contributed by atoms with Crippen molar-refractivity contribution in [2.24, 2.45) is 17.8 Å². The molecule has 0 bridgehead atoms. The highest BCUT2D eigenvalue weighted by molar-refractivity contribution is 6.22. The maximum Gasteiger partial charge on any atom is 0.416 e. The number of halogens is 6. The smallest absolute Gasteiger partial charge is 0.416 e. The topological polar surface area (TPSA) is 87.1 Å². The summed E-state index contributed by atoms with van der Waals surface area (Å²) < 4.78 is 87.1. The Kier molecular flexibility index (Phi) is 8.21. The first kappa shape index (κ1) is 31.8. The average Bonchev–Trinajstić information content (AvgIpc) is 3.47. The van der Waals surface area contributed by atoms with Gasteiger partial charge in [-0.3, -0.25) is 9.59 Å². The number of nitrogens with zero attached hydrogens (tertiary/aromatic N) is 1. The predicted molar refractivity (Wildman–Crippen MR) is 148 cm³/mol. The normalized spacial score (nSPS) is 24.3. The summed E-state index contributed by atoms with van der Waals surface area (Å²) >= 11 is 0. The van der Waals surface area contributed by atoms with Gasteiger partial charge in [-0.2, -0.15) is 26.3 Å². The minimum atomic E-state index is -5.15. The molecule has 5 rings (SSSR count). The number of phenolic OH excluding ortho intramolecular Hbond substituents is 1. The summed E-state index contributed by atoms with van der Waals surface area (Å²) in [6.07, 6.45) is -7.79. The quantitative estimate of drug-likeness (QED) is 0.211. The number of benzene rings is 2. The van der Waals surface area contributed by atoms with Crippen LogP contribution in [0.4, 0.5) is 32.0 Å². The second kappa shape index (κ2) is 11.4. The molecule has 44 heavy (non-hydrogen) atoms. The zero-order valence-corrected chi connectivity index (χ0v) is 24.1. The van der Waals surface area contributed by atoms with Crippen molar-refractivity contribution in [3.8, 4) is 5.75 Å². The first-order valence-electron chi connectivity index (χ1n) is 14.1. The van der Waals surface area contributed by atoms with Gasteiger partial charge in [0.25, 0.3) is 0 Å². The van der Waals surface area contributed by atoms with Crippen molar-refractivity contribution < 1.29 is 50.9 Å². The van der Waals surface area contributed by atoms with Crippen molar-refractivity contribution in [3.05, 3.63) is 74.9 Å². The molecule has 2 aliphatic heterocycles. The molecule has 0 aromatic heterocycles. The number of amides is 2. The fourth-order valence-corrected chi connectivity index (χ4v) is 6.73. The molecular weight excluding hydrogens is 592 g/mol. The number of aryl methyl sites for hydroxylation is 2. The van der Waals surface area contributed by atoms with Crippen LogP contribution < -0.4 is 4.90 Å². The molecule has 6 nitrogen and oxygen atoms in total. The number of hydrogen-bond donors (Lipinski definition) is 2. The molecule has 3 aliphatic rings. The molecule has 2 N–H and O–H groups in total. The lowest BCUT2D eigenvalue weighted by Gasteiger charge is -2.31. The highest BCUT2D eigenvalue weighted by Gasteiger charge is 2.57. The molecule has 12 heteroatoms. The Labute approximate surface area is 249 Å². The van der Waals surface area contributed by atoms with Gasteiger partial charge in [0.15, 0.2) is 0 Å². The molecule has 236 valence electrons. The number of aromatic hydroxyl groups is 1. The van der Waals surface area contributed by atoms with Crippen molar-refractivity contribution in [2.45, 2.75) is 58.5 Å². The highest BCUT2D eigenvalue weighted by atomic mass is 19.4. The van der Waals surface area contributed by atoms with Crippen molar-refractivity contribution in [1.82, 2.24) is 0 Å². The Bertz CT molecular complexity index is 1520. The Morgan fingerprint density at radius 2 is 1.55 bits per heavy atom. The van der Waals surface area contributed by atoms with E-state index < -0.39 is 71.4 Å². The number of carbonyl (C=O) groups excluding carboxylic acids is 2. The number of carbonyl (C=O) groups is 2. The van der Waals surface area contributed by atoms with Crippen LogP contribution in [0.2, 0.25) is 0 Å². The molecule has 2 aromatic carbocycles. The van der Waals surface area contributed by atoms with E-state index in [0.717, 1.165) is 22.3 Å². The average molecular weight is 624 g/mol. The van der Waals surface area contributed by atoms with Gasteiger partial charge in [0.05, 0.1) is 48.0 Å². The van der Waals surface area contributed by atoms with E-state index in [1.165, 1.54) is 0 Å². The van der Waals surface area contributed by atoms with Gasteiger partial charge in [-0.25, -0.2) is 4.90 Å². The van der Waals surface area contributed by atoms with Crippen LogP contribution in [0.15, 0.2) is 47.1 Å². The number of fused-ring (bicyclic) bond motifs is 3. The van der Waals surface area contributed by atoms with Crippen molar-refractivity contribution in [2.75, 3.05) is 18.1 Å². The number of aliphatic hydroxyl groups is 1. The van der Waals surface area contributed by atoms with Crippen LogP contribution in [-0.4, -0.2) is 41.3 Å². The van der Waals surface area contributed by atoms with E-state index in [1.54, 1.807) is 13.8 Å². The fourth-order valence-electron chi connectivity index (χ4n) is 6.73. The number of allylic oxidation sites excluding steroid dienone is 1. The largest absolute Gasteiger partial charge is 0.507 e. The number of aliphatic hydroxyl groups excluding tert-OH is 1. The lowest BCUT2D eigenvalue weighted by Crippen LogP contribution is -2.35. The number of alkyl halides is 6. The van der Waals surface area contributed by atoms with Gasteiger partial charge in [0, 0.05) is 5.92 Å². The minimum absolute atomic E-state index is 0.0209. The van der Waals surface area contributed by atoms with E-state index in [1.807, 2.05) is 25.1 Å². The van der Waals surface area contributed by atoms with E-state index in [2.05, 4.69) is 0 Å². The minimum Gasteiger partial charge on any atom is -0.507 e. The number of phenols is 1. The molecule has 1 aliphatic carbocycles. The molecule has 2 saturated heterocycles. The molecule has 0 unspecified atom stereocenters. The van der Waals surface area contributed by atoms with Gasteiger partial charge in [-0.1, -0.05) is 11.6 Å². The molecule has 2 heterocycles. The molecule has 4 atom stereocenters. The molecule has 0 radical (unpaired) electrons. The van der Waals surface area contributed by atoms with Crippen LogP contribution >= 0.6 is 0 Å². The van der Waals surface area contributed by atoms with Gasteiger partial charge >= 0.3 is 12.4 Å². The van der Waals surface area contributed by atoms with Crippen LogP contribution in [0.5, 0.6) is 5.75 Å². The van der Waals surface area contributed by atoms with E-state index in [9.17, 15) is 46.1 Å². The first-order chi connectivity index (χ1) is 20.5. The fraction of sp³-hybridized carbons (Fsp3) is 0.438. The van der Waals surface area contributed by atoms with Gasteiger partial charge in [0.2, 0.25) is 11.8 Å². The molecule has 2 fully saturated rings. The van der Waals surface area contributed by atoms with Crippen molar-refractivity contribution in [3.63, 3.8) is 0 Å². The van der Waals surface area contributed by atoms with Gasteiger partial charge in [-0.15, -0.1) is 0 Å². The second-order valence-electron chi connectivity index (χ2n) is 11.8. The number of ether oxygens (including phenoxy) is 1. The summed E-state index contributed by atoms with van der Waals surface area (Å²) in [6.45, 7) is 5.13. The number of anilines is 1. The van der Waals surface area contributed by atoms with E-state index in [0.29, 0.717) is 41.0 Å². The summed E-state index contributed by atoms with van der Waals surface area (Å²) in [4.78, 5) is 27.5. The van der Waals surface area contributed by atoms with Crippen LogP contribution in [0, 0.1) is 31.6 Å².